The molecule has 0 spiro atoms. The first kappa shape index (κ1) is 24.6. The molecule has 0 amide bonds. The highest BCUT2D eigenvalue weighted by Gasteiger charge is 2.44. The van der Waals surface area contributed by atoms with E-state index in [0.717, 1.165) is 6.07 Å². The molecule has 1 aliphatic rings. The van der Waals surface area contributed by atoms with Crippen LogP contribution in [0.15, 0.2) is 39.5 Å². The highest BCUT2D eigenvalue weighted by atomic mass is 16.7. The van der Waals surface area contributed by atoms with Crippen molar-refractivity contribution in [2.45, 2.75) is 30.7 Å². The van der Waals surface area contributed by atoms with Gasteiger partial charge in [-0.05, 0) is 18.2 Å². The Morgan fingerprint density at radius 3 is 2.31 bits per heavy atom. The van der Waals surface area contributed by atoms with Crippen molar-refractivity contribution in [1.82, 2.24) is 0 Å². The molecule has 6 N–H and O–H groups in total. The van der Waals surface area contributed by atoms with Gasteiger partial charge in [-0.25, -0.2) is 0 Å². The molecule has 4 rings (SSSR count). The number of benzene rings is 2. The molecule has 0 bridgehead atoms. The Hall–Kier alpha value is -3.55. The van der Waals surface area contributed by atoms with Crippen LogP contribution in [-0.4, -0.2) is 82.2 Å². The van der Waals surface area contributed by atoms with Crippen LogP contribution >= 0.6 is 0 Å². The third-order valence-electron chi connectivity index (χ3n) is 5.65. The van der Waals surface area contributed by atoms with Gasteiger partial charge >= 0.3 is 0 Å². The lowest BCUT2D eigenvalue weighted by Gasteiger charge is -2.39. The number of hydrogen-bond donors (Lipinski definition) is 6. The van der Waals surface area contributed by atoms with Gasteiger partial charge in [0.05, 0.1) is 20.8 Å². The van der Waals surface area contributed by atoms with E-state index in [1.54, 1.807) is 0 Å². The fourth-order valence-corrected chi connectivity index (χ4v) is 3.83. The number of hydrogen-bond acceptors (Lipinski definition) is 12. The average molecular weight is 492 g/mol. The van der Waals surface area contributed by atoms with Gasteiger partial charge in [-0.1, -0.05) is 0 Å². The largest absolute Gasteiger partial charge is 0.507 e. The van der Waals surface area contributed by atoms with Crippen LogP contribution in [0, 0.1) is 0 Å². The van der Waals surface area contributed by atoms with Crippen LogP contribution in [0.4, 0.5) is 0 Å². The quantitative estimate of drug-likeness (QED) is 0.272. The summed E-state index contributed by atoms with van der Waals surface area (Å²) < 4.78 is 26.9. The Balaban J connectivity index is 1.79. The number of methoxy groups -OCH3 is 2. The molecule has 2 unspecified atom stereocenters. The molecular weight excluding hydrogens is 468 g/mol. The first-order chi connectivity index (χ1) is 16.7. The molecule has 1 fully saturated rings. The summed E-state index contributed by atoms with van der Waals surface area (Å²) in [5.74, 6) is -0.928. The average Bonchev–Trinajstić information content (AvgIpc) is 2.83. The molecule has 12 heteroatoms. The number of aliphatic hydroxyl groups is 4. The maximum atomic E-state index is 13.1. The SMILES string of the molecule is COc1ccc(-c2oc3cc(O[C@@H]4OC(CO)[C@@H](O)[C@H](O)C4O)cc(O)c3c(=O)c2OC)cc1O. The van der Waals surface area contributed by atoms with Crippen molar-refractivity contribution in [3.8, 4) is 40.1 Å². The molecule has 35 heavy (non-hydrogen) atoms. The highest BCUT2D eigenvalue weighted by Crippen LogP contribution is 2.39. The maximum absolute atomic E-state index is 13.1. The molecule has 1 saturated heterocycles. The van der Waals surface area contributed by atoms with Gasteiger partial charge in [-0.2, -0.15) is 0 Å². The molecule has 0 saturated carbocycles. The van der Waals surface area contributed by atoms with Crippen LogP contribution in [0.1, 0.15) is 0 Å². The third kappa shape index (κ3) is 4.33. The molecule has 0 radical (unpaired) electrons. The monoisotopic (exact) mass is 492 g/mol. The second kappa shape index (κ2) is 9.60. The minimum Gasteiger partial charge on any atom is -0.507 e. The third-order valence-corrected chi connectivity index (χ3v) is 5.65. The van der Waals surface area contributed by atoms with Gasteiger partial charge in [-0.3, -0.25) is 4.79 Å². The minimum absolute atomic E-state index is 0.0488. The Morgan fingerprint density at radius 2 is 1.69 bits per heavy atom. The summed E-state index contributed by atoms with van der Waals surface area (Å²) in [6.07, 6.45) is -7.66. The van der Waals surface area contributed by atoms with E-state index in [4.69, 9.17) is 23.4 Å². The Bertz CT molecular complexity index is 1280. The lowest BCUT2D eigenvalue weighted by molar-refractivity contribution is -0.277. The van der Waals surface area contributed by atoms with Crippen molar-refractivity contribution in [3.63, 3.8) is 0 Å². The first-order valence-electron chi connectivity index (χ1n) is 10.4. The summed E-state index contributed by atoms with van der Waals surface area (Å²) >= 11 is 0. The Kier molecular flexibility index (Phi) is 6.74. The summed E-state index contributed by atoms with van der Waals surface area (Å²) in [5, 5.41) is 59.9. The molecule has 1 aromatic heterocycles. The fourth-order valence-electron chi connectivity index (χ4n) is 3.83. The molecule has 1 aliphatic heterocycles. The Labute approximate surface area is 197 Å². The van der Waals surface area contributed by atoms with Gasteiger partial charge in [0.15, 0.2) is 17.3 Å². The number of aliphatic hydroxyl groups excluding tert-OH is 4. The van der Waals surface area contributed by atoms with E-state index in [-0.39, 0.29) is 45.3 Å². The molecule has 12 nitrogen and oxygen atoms in total. The zero-order valence-corrected chi connectivity index (χ0v) is 18.6. The number of phenols is 2. The first-order valence-corrected chi connectivity index (χ1v) is 10.4. The second-order valence-electron chi connectivity index (χ2n) is 7.81. The van der Waals surface area contributed by atoms with Crippen molar-refractivity contribution in [3.05, 3.63) is 40.6 Å². The lowest BCUT2D eigenvalue weighted by atomic mass is 9.99. The van der Waals surface area contributed by atoms with Crippen LogP contribution in [0.3, 0.4) is 0 Å². The lowest BCUT2D eigenvalue weighted by Crippen LogP contribution is -2.60. The molecule has 2 heterocycles. The van der Waals surface area contributed by atoms with Crippen molar-refractivity contribution in [2.24, 2.45) is 0 Å². The van der Waals surface area contributed by atoms with Crippen molar-refractivity contribution in [2.75, 3.05) is 20.8 Å². The normalized spacial score (nSPS) is 24.3. The van der Waals surface area contributed by atoms with E-state index in [1.807, 2.05) is 0 Å². The number of ether oxygens (including phenoxy) is 4. The van der Waals surface area contributed by atoms with E-state index in [1.165, 1.54) is 38.5 Å². The highest BCUT2D eigenvalue weighted by molar-refractivity contribution is 5.88. The van der Waals surface area contributed by atoms with Gasteiger partial charge < -0.3 is 54.0 Å². The van der Waals surface area contributed by atoms with Gasteiger partial charge in [0.1, 0.15) is 46.9 Å². The number of phenolic OH excluding ortho intramolecular Hbond substituents is 2. The number of aromatic hydroxyl groups is 2. The van der Waals surface area contributed by atoms with Gasteiger partial charge in [0, 0.05) is 17.7 Å². The van der Waals surface area contributed by atoms with E-state index >= 15 is 0 Å². The zero-order valence-electron chi connectivity index (χ0n) is 18.6. The fraction of sp³-hybridized carbons (Fsp3) is 0.348. The smallest absolute Gasteiger partial charge is 0.239 e. The summed E-state index contributed by atoms with van der Waals surface area (Å²) in [7, 11) is 2.63. The summed E-state index contributed by atoms with van der Waals surface area (Å²) in [5.41, 5.74) is -0.546. The van der Waals surface area contributed by atoms with Crippen LogP contribution in [-0.2, 0) is 4.74 Å². The van der Waals surface area contributed by atoms with Crippen LogP contribution < -0.4 is 19.6 Å². The van der Waals surface area contributed by atoms with Gasteiger partial charge in [0.2, 0.25) is 17.5 Å². The van der Waals surface area contributed by atoms with Crippen molar-refractivity contribution >= 4 is 11.0 Å². The standard InChI is InChI=1S/C23H24O12/c1-31-13-4-3-9(5-11(13)25)21-22(32-2)18(28)16-12(26)6-10(7-14(16)34-21)33-23-20(30)19(29)17(27)15(8-24)35-23/h3-7,15,17,19-20,23-27,29-30H,8H2,1-2H3/t15?,17-,19+,20?,23-/m1/s1. The number of fused-ring (bicyclic) bond motifs is 1. The topological polar surface area (TPSA) is 189 Å². The van der Waals surface area contributed by atoms with E-state index in [2.05, 4.69) is 0 Å². The molecule has 188 valence electrons. The molecule has 0 aliphatic carbocycles. The van der Waals surface area contributed by atoms with E-state index in [0.29, 0.717) is 0 Å². The molecular formula is C23H24O12. The van der Waals surface area contributed by atoms with Crippen LogP contribution in [0.5, 0.6) is 28.7 Å². The van der Waals surface area contributed by atoms with E-state index in [9.17, 15) is 35.4 Å². The Morgan fingerprint density at radius 1 is 0.943 bits per heavy atom. The summed E-state index contributed by atoms with van der Waals surface area (Å²) in [6, 6.07) is 6.60. The summed E-state index contributed by atoms with van der Waals surface area (Å²) in [6.45, 7) is -0.652. The maximum Gasteiger partial charge on any atom is 0.239 e. The number of rotatable bonds is 6. The zero-order chi connectivity index (χ0) is 25.4. The van der Waals surface area contributed by atoms with Crippen molar-refractivity contribution in [1.29, 1.82) is 0 Å². The van der Waals surface area contributed by atoms with Crippen LogP contribution in [0.2, 0.25) is 0 Å². The predicted octanol–water partition coefficient (Wildman–Crippen LogP) is 0.0671. The van der Waals surface area contributed by atoms with E-state index < -0.39 is 48.5 Å². The van der Waals surface area contributed by atoms with Crippen molar-refractivity contribution < 1.29 is 54.0 Å². The molecule has 2 aromatic carbocycles. The van der Waals surface area contributed by atoms with Gasteiger partial charge in [0.25, 0.3) is 0 Å². The minimum atomic E-state index is -1.69. The molecule has 3 aromatic rings. The van der Waals surface area contributed by atoms with Crippen LogP contribution in [0.25, 0.3) is 22.3 Å². The second-order valence-corrected chi connectivity index (χ2v) is 7.81. The van der Waals surface area contributed by atoms with Gasteiger partial charge in [-0.15, -0.1) is 0 Å². The predicted molar refractivity (Wildman–Crippen MR) is 119 cm³/mol. The summed E-state index contributed by atoms with van der Waals surface area (Å²) in [4.78, 5) is 13.1. The molecule has 5 atom stereocenters.